The number of aryl methyl sites for hydroxylation is 1. The van der Waals surface area contributed by atoms with Crippen LogP contribution in [0.25, 0.3) is 94.5 Å². The molecular weight excluding hydrogens is 1190 g/mol. The van der Waals surface area contributed by atoms with Crippen molar-refractivity contribution in [3.63, 3.8) is 0 Å². The maximum Gasteiger partial charge on any atom is 0.268 e. The molecule has 0 unspecified atom stereocenters. The van der Waals surface area contributed by atoms with Gasteiger partial charge in [0.2, 0.25) is 0 Å². The van der Waals surface area contributed by atoms with E-state index >= 15 is 0 Å². The Morgan fingerprint density at radius 3 is 1.84 bits per heavy atom. The molecule has 5 nitrogen and oxygen atoms in total. The fraction of sp³-hybridized carbons (Fsp3) is 0.221. The largest absolute Gasteiger partial charge is 0.510 e. The Labute approximate surface area is 523 Å². The van der Waals surface area contributed by atoms with Gasteiger partial charge in [0.15, 0.2) is 0 Å². The molecule has 0 aliphatic carbocycles. The van der Waals surface area contributed by atoms with Crippen LogP contribution < -0.4 is 9.30 Å². The van der Waals surface area contributed by atoms with Crippen LogP contribution in [0.2, 0.25) is 0 Å². The number of rotatable bonds is 9. The third-order valence-corrected chi connectivity index (χ3v) is 15.3. The van der Waals surface area contributed by atoms with Gasteiger partial charge in [-0.3, -0.25) is 4.57 Å². The monoisotopic (exact) mass is 1280 g/mol. The minimum Gasteiger partial charge on any atom is -0.510 e. The molecular formula is C77H72N4OPt-2. The van der Waals surface area contributed by atoms with Crippen molar-refractivity contribution in [1.82, 2.24) is 14.1 Å². The van der Waals surface area contributed by atoms with Crippen LogP contribution in [0.15, 0.2) is 200 Å². The number of pyridine rings is 1. The van der Waals surface area contributed by atoms with Crippen LogP contribution in [0, 0.1) is 25.3 Å². The molecule has 418 valence electrons. The average molecular weight is 1280 g/mol. The van der Waals surface area contributed by atoms with Gasteiger partial charge in [-0.25, -0.2) is 4.98 Å². The molecule has 0 aliphatic heterocycles. The summed E-state index contributed by atoms with van der Waals surface area (Å²) in [5.41, 5.74) is 10.7. The normalized spacial score (nSPS) is 14.7. The van der Waals surface area contributed by atoms with Gasteiger partial charge in [-0.05, 0) is 131 Å². The second-order valence-corrected chi connectivity index (χ2v) is 25.3. The predicted molar refractivity (Wildman–Crippen MR) is 341 cm³/mol. The van der Waals surface area contributed by atoms with Gasteiger partial charge in [0.1, 0.15) is 5.82 Å². The quantitative estimate of drug-likeness (QED) is 0.107. The number of imidazole rings is 1. The number of hydrogen-bond donors (Lipinski definition) is 0. The van der Waals surface area contributed by atoms with Crippen molar-refractivity contribution >= 4 is 32.8 Å². The zero-order valence-electron chi connectivity index (χ0n) is 61.8. The molecule has 6 heteroatoms. The molecule has 3 heterocycles. The van der Waals surface area contributed by atoms with Crippen molar-refractivity contribution < 1.29 is 48.2 Å². The summed E-state index contributed by atoms with van der Waals surface area (Å²) in [4.78, 5) is 4.75. The summed E-state index contributed by atoms with van der Waals surface area (Å²) in [6.07, 6.45) is 5.08. The summed E-state index contributed by atoms with van der Waals surface area (Å²) in [6.45, 7) is 23.3. The minimum absolute atomic E-state index is 0. The van der Waals surface area contributed by atoms with Crippen LogP contribution in [-0.4, -0.2) is 14.1 Å². The summed E-state index contributed by atoms with van der Waals surface area (Å²) < 4.78 is 126. The molecule has 12 aromatic rings. The molecule has 0 N–H and O–H groups in total. The Morgan fingerprint density at radius 2 is 1.16 bits per heavy atom. The van der Waals surface area contributed by atoms with Crippen molar-refractivity contribution in [2.45, 2.75) is 112 Å². The third kappa shape index (κ3) is 11.1. The van der Waals surface area contributed by atoms with Gasteiger partial charge in [0.25, 0.3) is 6.33 Å². The standard InChI is InChI=1S/C77H72N4O.Pt/c1-50-38-72(78-48-66(50)52-26-18-15-19-27-52)81-68-33-21-20-32-63(68)64-36-35-62(47-70(64)81)82-61-31-23-30-60(46-61)79-49-80(69-37-34-53(44-71(69)79)55-40-58(75(5,6)7)45-59(41-55)76(8,9)10)73-65(54-28-22-29-57(39-54)74(2,3)4)42-56(43-67(73)77(11,12)13)51-24-16-14-17-25-51;/h14-45,48H,1-13H3;/q-2;/i1D3,14D,15D,16D,17D,18D,19D,24D,25D,26D,27D;. The maximum absolute atomic E-state index is 9.23. The van der Waals surface area contributed by atoms with Crippen LogP contribution >= 0.6 is 0 Å². The molecule has 0 aliphatic rings. The number of aromatic nitrogens is 4. The molecule has 0 atom stereocenters. The molecule has 0 saturated carbocycles. The van der Waals surface area contributed by atoms with Gasteiger partial charge in [-0.15, -0.1) is 29.7 Å². The molecule has 0 radical (unpaired) electrons. The summed E-state index contributed by atoms with van der Waals surface area (Å²) in [5.74, 6) is 0.812. The molecule has 0 spiro atoms. The summed E-state index contributed by atoms with van der Waals surface area (Å²) >= 11 is 0. The van der Waals surface area contributed by atoms with E-state index in [1.807, 2.05) is 65.2 Å². The zero-order valence-corrected chi connectivity index (χ0v) is 51.1. The van der Waals surface area contributed by atoms with E-state index in [4.69, 9.17) is 24.8 Å². The van der Waals surface area contributed by atoms with Crippen LogP contribution in [-0.2, 0) is 42.7 Å². The molecule has 0 bridgehead atoms. The fourth-order valence-electron chi connectivity index (χ4n) is 10.7. The van der Waals surface area contributed by atoms with Crippen molar-refractivity contribution in [2.24, 2.45) is 0 Å². The Hall–Kier alpha value is -8.11. The summed E-state index contributed by atoms with van der Waals surface area (Å²) in [5, 5.41) is 1.58. The average Bonchev–Trinajstić information content (AvgIpc) is 1.45. The molecule has 3 aromatic heterocycles. The number of hydrogen-bond acceptors (Lipinski definition) is 2. The Bertz CT molecular complexity index is 5060. The maximum atomic E-state index is 9.23. The zero-order chi connectivity index (χ0) is 68.7. The van der Waals surface area contributed by atoms with Crippen molar-refractivity contribution in [1.29, 1.82) is 0 Å². The fourth-order valence-corrected chi connectivity index (χ4v) is 10.7. The number of para-hydroxylation sites is 1. The van der Waals surface area contributed by atoms with E-state index in [0.717, 1.165) is 60.9 Å². The van der Waals surface area contributed by atoms with Gasteiger partial charge < -0.3 is 13.9 Å². The van der Waals surface area contributed by atoms with Crippen molar-refractivity contribution in [2.75, 3.05) is 0 Å². The summed E-state index contributed by atoms with van der Waals surface area (Å²) in [7, 11) is 0. The number of benzene rings is 9. The Kier molecular flexibility index (Phi) is 11.1. The topological polar surface area (TPSA) is 35.9 Å². The number of nitrogens with zero attached hydrogens (tertiary/aromatic N) is 4. The van der Waals surface area contributed by atoms with Gasteiger partial charge in [0, 0.05) is 54.0 Å². The van der Waals surface area contributed by atoms with Crippen LogP contribution in [0.1, 0.15) is 129 Å². The van der Waals surface area contributed by atoms with Gasteiger partial charge in [0.05, 0.1) is 30.4 Å². The van der Waals surface area contributed by atoms with Gasteiger partial charge in [-0.1, -0.05) is 228 Å². The number of fused-ring (bicyclic) bond motifs is 4. The van der Waals surface area contributed by atoms with Crippen LogP contribution in [0.4, 0.5) is 0 Å². The third-order valence-electron chi connectivity index (χ3n) is 15.3. The van der Waals surface area contributed by atoms with Gasteiger partial charge in [-0.2, -0.15) is 18.2 Å². The molecule has 12 rings (SSSR count). The van der Waals surface area contributed by atoms with Crippen molar-refractivity contribution in [3.05, 3.63) is 246 Å². The molecule has 83 heavy (non-hydrogen) atoms. The second-order valence-electron chi connectivity index (χ2n) is 25.3. The van der Waals surface area contributed by atoms with Crippen molar-refractivity contribution in [3.8, 4) is 73.2 Å². The number of ether oxygens (including phenoxy) is 1. The molecule has 0 saturated heterocycles. The van der Waals surface area contributed by atoms with Crippen LogP contribution in [0.3, 0.4) is 0 Å². The van der Waals surface area contributed by atoms with E-state index < -0.39 is 60.6 Å². The van der Waals surface area contributed by atoms with Gasteiger partial charge >= 0.3 is 0 Å². The molecule has 9 aromatic carbocycles. The SMILES string of the molecule is [2H]c1c([2H])c([2H])c(-c2cc(-c3cccc(C(C)(C)C)c3)c(-[n+]3[c-]n(-c4[c-]c(Oc5[c-]c6c(cc5)c5ccccc5n6-c5cc(C([2H])([2H])[2H])c(-c6c([2H])c([2H])c([2H])c([2H])c6[2H])cn5)ccc4)c4cc(-c5cc(C(C)(C)C)cc(C(C)(C)C)c5)ccc43)c(C(C)(C)C)c2)c([2H])c1[2H].[Pt]. The first-order valence-electron chi connectivity index (χ1n) is 34.2. The first-order valence-corrected chi connectivity index (χ1v) is 27.7. The van der Waals surface area contributed by atoms with E-state index in [1.165, 1.54) is 23.4 Å². The predicted octanol–water partition coefficient (Wildman–Crippen LogP) is 19.8. The second kappa shape index (κ2) is 21.6. The van der Waals surface area contributed by atoms with E-state index in [9.17, 15) is 2.74 Å². The van der Waals surface area contributed by atoms with E-state index in [0.29, 0.717) is 33.8 Å². The minimum atomic E-state index is -2.80. The van der Waals surface area contributed by atoms with E-state index in [-0.39, 0.29) is 77.5 Å². The molecule has 0 amide bonds. The van der Waals surface area contributed by atoms with E-state index in [2.05, 4.69) is 161 Å². The Morgan fingerprint density at radius 1 is 0.506 bits per heavy atom. The van der Waals surface area contributed by atoms with Crippen LogP contribution in [0.5, 0.6) is 11.5 Å². The first-order chi connectivity index (χ1) is 44.4. The Balaban J connectivity index is 0.00000936. The first kappa shape index (κ1) is 42.7. The smallest absolute Gasteiger partial charge is 0.268 e. The summed E-state index contributed by atoms with van der Waals surface area (Å²) in [6, 6.07) is 46.1. The molecule has 0 fully saturated rings. The van der Waals surface area contributed by atoms with E-state index in [1.54, 1.807) is 16.7 Å².